The highest BCUT2D eigenvalue weighted by atomic mass is 35.5. The molecule has 0 spiro atoms. The molecule has 0 atom stereocenters. The van der Waals surface area contributed by atoms with Crippen molar-refractivity contribution in [1.29, 1.82) is 0 Å². The summed E-state index contributed by atoms with van der Waals surface area (Å²) in [6.45, 7) is 3.27. The average Bonchev–Trinajstić information content (AvgIpc) is 2.75. The van der Waals surface area contributed by atoms with Crippen LogP contribution >= 0.6 is 23.2 Å². The van der Waals surface area contributed by atoms with Gasteiger partial charge in [-0.15, -0.1) is 0 Å². The van der Waals surface area contributed by atoms with E-state index in [0.29, 0.717) is 21.3 Å². The first-order valence-electron chi connectivity index (χ1n) is 9.60. The van der Waals surface area contributed by atoms with Crippen molar-refractivity contribution in [2.75, 3.05) is 10.8 Å². The molecule has 0 saturated heterocycles. The van der Waals surface area contributed by atoms with Crippen molar-refractivity contribution in [1.82, 2.24) is 5.43 Å². The summed E-state index contributed by atoms with van der Waals surface area (Å²) in [5, 5.41) is 4.66. The highest BCUT2D eigenvalue weighted by Crippen LogP contribution is 2.25. The van der Waals surface area contributed by atoms with Gasteiger partial charge in [-0.1, -0.05) is 59.1 Å². The summed E-state index contributed by atoms with van der Waals surface area (Å²) in [4.78, 5) is 12.7. The fraction of sp³-hybridized carbons (Fsp3) is 0.130. The number of hydrogen-bond donors (Lipinski definition) is 1. The Morgan fingerprint density at radius 3 is 2.34 bits per heavy atom. The molecule has 0 heterocycles. The van der Waals surface area contributed by atoms with Crippen LogP contribution in [0.2, 0.25) is 10.0 Å². The van der Waals surface area contributed by atoms with Crippen molar-refractivity contribution < 1.29 is 13.2 Å². The summed E-state index contributed by atoms with van der Waals surface area (Å²) >= 11 is 11.9. The molecule has 0 fully saturated rings. The van der Waals surface area contributed by atoms with Crippen molar-refractivity contribution in [3.8, 4) is 0 Å². The quantitative estimate of drug-likeness (QED) is 0.376. The summed E-state index contributed by atoms with van der Waals surface area (Å²) in [7, 11) is -3.98. The zero-order valence-electron chi connectivity index (χ0n) is 17.4. The van der Waals surface area contributed by atoms with E-state index in [9.17, 15) is 13.2 Å². The van der Waals surface area contributed by atoms with E-state index in [4.69, 9.17) is 23.2 Å². The highest BCUT2D eigenvalue weighted by molar-refractivity contribution is 7.92. The number of nitrogens with one attached hydrogen (secondary N) is 1. The number of anilines is 1. The van der Waals surface area contributed by atoms with Gasteiger partial charge < -0.3 is 0 Å². The van der Waals surface area contributed by atoms with Gasteiger partial charge in [-0.2, -0.15) is 5.10 Å². The third kappa shape index (κ3) is 5.88. The zero-order chi connectivity index (χ0) is 23.3. The number of aryl methyl sites for hydroxylation is 2. The van der Waals surface area contributed by atoms with E-state index in [1.165, 1.54) is 18.3 Å². The van der Waals surface area contributed by atoms with Gasteiger partial charge in [-0.05, 0) is 61.4 Å². The molecular formula is C23H21Cl2N3O3S. The largest absolute Gasteiger partial charge is 0.271 e. The second-order valence-electron chi connectivity index (χ2n) is 7.13. The van der Waals surface area contributed by atoms with Gasteiger partial charge in [0.05, 0.1) is 26.8 Å². The molecule has 0 aliphatic heterocycles. The number of hydrogen-bond acceptors (Lipinski definition) is 4. The average molecular weight is 490 g/mol. The molecule has 0 bridgehead atoms. The Balaban J connectivity index is 1.84. The van der Waals surface area contributed by atoms with Crippen LogP contribution in [0.25, 0.3) is 0 Å². The fourth-order valence-electron chi connectivity index (χ4n) is 2.87. The van der Waals surface area contributed by atoms with Gasteiger partial charge >= 0.3 is 0 Å². The van der Waals surface area contributed by atoms with Gasteiger partial charge in [-0.25, -0.2) is 13.8 Å². The third-order valence-electron chi connectivity index (χ3n) is 4.53. The first kappa shape index (κ1) is 23.8. The van der Waals surface area contributed by atoms with Crippen LogP contribution in [0.15, 0.2) is 76.7 Å². The predicted molar refractivity (Wildman–Crippen MR) is 129 cm³/mol. The summed E-state index contributed by atoms with van der Waals surface area (Å²) in [6, 6.07) is 18.3. The minimum absolute atomic E-state index is 0.0942. The summed E-state index contributed by atoms with van der Waals surface area (Å²) in [5.74, 6) is -0.599. The van der Waals surface area contributed by atoms with E-state index in [-0.39, 0.29) is 4.90 Å². The van der Waals surface area contributed by atoms with Crippen LogP contribution < -0.4 is 9.73 Å². The molecule has 3 aromatic rings. The van der Waals surface area contributed by atoms with Crippen molar-refractivity contribution in [2.45, 2.75) is 18.7 Å². The number of amides is 1. The van der Waals surface area contributed by atoms with E-state index in [1.807, 2.05) is 19.9 Å². The fourth-order valence-corrected chi connectivity index (χ4v) is 4.59. The molecule has 9 heteroatoms. The maximum Gasteiger partial charge on any atom is 0.264 e. The number of carbonyl (C=O) groups excluding carboxylic acids is 1. The van der Waals surface area contributed by atoms with Crippen LogP contribution in [0.5, 0.6) is 0 Å². The van der Waals surface area contributed by atoms with Crippen LogP contribution in [0.1, 0.15) is 16.7 Å². The number of nitrogens with zero attached hydrogens (tertiary/aromatic N) is 2. The van der Waals surface area contributed by atoms with Crippen molar-refractivity contribution in [2.24, 2.45) is 5.10 Å². The maximum atomic E-state index is 13.3. The SMILES string of the molecule is Cc1ccc(S(=O)(=O)N(CC(=O)N/N=C\c2ccc(Cl)c(Cl)c2)c2cccc(C)c2)cc1. The van der Waals surface area contributed by atoms with Gasteiger partial charge in [0.25, 0.3) is 15.9 Å². The van der Waals surface area contributed by atoms with Crippen LogP contribution in [-0.4, -0.2) is 27.1 Å². The number of carbonyl (C=O) groups is 1. The van der Waals surface area contributed by atoms with E-state index < -0.39 is 22.5 Å². The molecular weight excluding hydrogens is 469 g/mol. The number of hydrazone groups is 1. The van der Waals surface area contributed by atoms with E-state index in [0.717, 1.165) is 15.4 Å². The second kappa shape index (κ2) is 10.2. The molecule has 3 aromatic carbocycles. The molecule has 0 aliphatic rings. The molecule has 0 aromatic heterocycles. The van der Waals surface area contributed by atoms with Crippen LogP contribution in [0, 0.1) is 13.8 Å². The molecule has 6 nitrogen and oxygen atoms in total. The van der Waals surface area contributed by atoms with Crippen molar-refractivity contribution in [3.63, 3.8) is 0 Å². The summed E-state index contributed by atoms with van der Waals surface area (Å²) in [5.41, 5.74) is 5.17. The first-order chi connectivity index (χ1) is 15.2. The Hall–Kier alpha value is -2.87. The van der Waals surface area contributed by atoms with Gasteiger partial charge in [-0.3, -0.25) is 9.10 Å². The van der Waals surface area contributed by atoms with Crippen LogP contribution in [0.4, 0.5) is 5.69 Å². The van der Waals surface area contributed by atoms with Gasteiger partial charge in [0, 0.05) is 0 Å². The Labute approximate surface area is 197 Å². The molecule has 32 heavy (non-hydrogen) atoms. The van der Waals surface area contributed by atoms with Gasteiger partial charge in [0.15, 0.2) is 0 Å². The lowest BCUT2D eigenvalue weighted by molar-refractivity contribution is -0.119. The first-order valence-corrected chi connectivity index (χ1v) is 11.8. The molecule has 1 N–H and O–H groups in total. The Bertz CT molecular complexity index is 1260. The molecule has 0 unspecified atom stereocenters. The zero-order valence-corrected chi connectivity index (χ0v) is 19.7. The predicted octanol–water partition coefficient (Wildman–Crippen LogP) is 4.96. The van der Waals surface area contributed by atoms with Gasteiger partial charge in [0.1, 0.15) is 6.54 Å². The Morgan fingerprint density at radius 2 is 1.69 bits per heavy atom. The minimum Gasteiger partial charge on any atom is -0.271 e. The lowest BCUT2D eigenvalue weighted by Gasteiger charge is -2.24. The van der Waals surface area contributed by atoms with E-state index in [1.54, 1.807) is 48.5 Å². The van der Waals surface area contributed by atoms with Crippen molar-refractivity contribution in [3.05, 3.63) is 93.5 Å². The smallest absolute Gasteiger partial charge is 0.264 e. The number of halogens is 2. The molecule has 1 amide bonds. The summed E-state index contributed by atoms with van der Waals surface area (Å²) < 4.78 is 27.7. The van der Waals surface area contributed by atoms with Crippen LogP contribution in [0.3, 0.4) is 0 Å². The lowest BCUT2D eigenvalue weighted by atomic mass is 10.2. The normalized spacial score (nSPS) is 11.5. The third-order valence-corrected chi connectivity index (χ3v) is 7.06. The highest BCUT2D eigenvalue weighted by Gasteiger charge is 2.27. The van der Waals surface area contributed by atoms with E-state index in [2.05, 4.69) is 10.5 Å². The number of rotatable bonds is 7. The molecule has 0 radical (unpaired) electrons. The molecule has 0 saturated carbocycles. The standard InChI is InChI=1S/C23H21Cl2N3O3S/c1-16-6-9-20(10-7-16)32(30,31)28(19-5-3-4-17(2)12-19)15-23(29)27-26-14-18-8-11-21(24)22(25)13-18/h3-14H,15H2,1-2H3,(H,27,29)/b26-14-. The molecule has 166 valence electrons. The lowest BCUT2D eigenvalue weighted by Crippen LogP contribution is -2.39. The maximum absolute atomic E-state index is 13.3. The Morgan fingerprint density at radius 1 is 0.969 bits per heavy atom. The second-order valence-corrected chi connectivity index (χ2v) is 9.81. The Kier molecular flexibility index (Phi) is 7.56. The number of sulfonamides is 1. The van der Waals surface area contributed by atoms with Crippen LogP contribution in [-0.2, 0) is 14.8 Å². The minimum atomic E-state index is -3.98. The van der Waals surface area contributed by atoms with Crippen molar-refractivity contribution >= 4 is 51.0 Å². The molecule has 0 aliphatic carbocycles. The monoisotopic (exact) mass is 489 g/mol. The summed E-state index contributed by atoms with van der Waals surface area (Å²) in [6.07, 6.45) is 1.39. The van der Waals surface area contributed by atoms with E-state index >= 15 is 0 Å². The van der Waals surface area contributed by atoms with Gasteiger partial charge in [0.2, 0.25) is 0 Å². The molecule has 3 rings (SSSR count). The number of benzene rings is 3. The topological polar surface area (TPSA) is 78.8 Å².